The smallest absolute Gasteiger partial charge is 0.130 e. The van der Waals surface area contributed by atoms with Crippen LogP contribution in [-0.4, -0.2) is 19.8 Å². The SMILES string of the molecule is C=N/C(NCCCC)=C(\C)C(=C)NCC. The normalized spacial score (nSPS) is 11.7. The molecule has 0 saturated heterocycles. The van der Waals surface area contributed by atoms with Crippen molar-refractivity contribution in [3.05, 3.63) is 23.7 Å². The third-order valence-electron chi connectivity index (χ3n) is 2.18. The van der Waals surface area contributed by atoms with Crippen LogP contribution < -0.4 is 10.6 Å². The van der Waals surface area contributed by atoms with Gasteiger partial charge in [0.1, 0.15) is 5.82 Å². The molecule has 0 saturated carbocycles. The molecular weight excluding hydrogens is 186 g/mol. The van der Waals surface area contributed by atoms with E-state index in [1.165, 1.54) is 6.42 Å². The molecule has 0 atom stereocenters. The van der Waals surface area contributed by atoms with E-state index in [0.29, 0.717) is 0 Å². The van der Waals surface area contributed by atoms with Crippen LogP contribution in [0.4, 0.5) is 0 Å². The molecule has 3 nitrogen and oxygen atoms in total. The number of hydrogen-bond acceptors (Lipinski definition) is 3. The summed E-state index contributed by atoms with van der Waals surface area (Å²) in [6, 6.07) is 0. The highest BCUT2D eigenvalue weighted by molar-refractivity contribution is 5.35. The molecule has 0 unspecified atom stereocenters. The third-order valence-corrected chi connectivity index (χ3v) is 2.18. The summed E-state index contributed by atoms with van der Waals surface area (Å²) in [6.07, 6.45) is 2.31. The van der Waals surface area contributed by atoms with Crippen LogP contribution in [0.15, 0.2) is 28.7 Å². The van der Waals surface area contributed by atoms with Crippen LogP contribution >= 0.6 is 0 Å². The lowest BCUT2D eigenvalue weighted by molar-refractivity contribution is 0.698. The molecule has 0 aliphatic heterocycles. The van der Waals surface area contributed by atoms with Gasteiger partial charge >= 0.3 is 0 Å². The van der Waals surface area contributed by atoms with E-state index in [1.807, 2.05) is 13.8 Å². The van der Waals surface area contributed by atoms with Gasteiger partial charge in [-0.15, -0.1) is 0 Å². The standard InChI is InChI=1S/C12H23N3/c1-6-8-9-15-12(13-5)10(3)11(4)14-7-2/h14-15H,4-9H2,1-3H3/b12-10-. The molecule has 0 aromatic carbocycles. The van der Waals surface area contributed by atoms with E-state index in [9.17, 15) is 0 Å². The highest BCUT2D eigenvalue weighted by Crippen LogP contribution is 2.09. The van der Waals surface area contributed by atoms with Gasteiger partial charge in [-0.05, 0) is 27.0 Å². The summed E-state index contributed by atoms with van der Waals surface area (Å²) < 4.78 is 0. The van der Waals surface area contributed by atoms with E-state index >= 15 is 0 Å². The van der Waals surface area contributed by atoms with Crippen molar-refractivity contribution in [2.45, 2.75) is 33.6 Å². The first-order valence-corrected chi connectivity index (χ1v) is 5.51. The van der Waals surface area contributed by atoms with Crippen LogP contribution in [-0.2, 0) is 0 Å². The zero-order chi connectivity index (χ0) is 11.7. The first-order chi connectivity index (χ1) is 7.17. The van der Waals surface area contributed by atoms with E-state index in [4.69, 9.17) is 0 Å². The average Bonchev–Trinajstić information content (AvgIpc) is 2.24. The monoisotopic (exact) mass is 209 g/mol. The molecular formula is C12H23N3. The van der Waals surface area contributed by atoms with Crippen LogP contribution in [0.25, 0.3) is 0 Å². The van der Waals surface area contributed by atoms with Crippen molar-refractivity contribution in [3.8, 4) is 0 Å². The summed E-state index contributed by atoms with van der Waals surface area (Å²) in [5, 5.41) is 6.43. The Kier molecular flexibility index (Phi) is 7.42. The number of hydrogen-bond donors (Lipinski definition) is 2. The van der Waals surface area contributed by atoms with E-state index in [1.54, 1.807) is 0 Å². The van der Waals surface area contributed by atoms with Gasteiger partial charge in [0.05, 0.1) is 0 Å². The second-order valence-electron chi connectivity index (χ2n) is 3.42. The molecule has 0 aromatic rings. The predicted octanol–water partition coefficient (Wildman–Crippen LogP) is 2.43. The summed E-state index contributed by atoms with van der Waals surface area (Å²) in [4.78, 5) is 3.98. The Morgan fingerprint density at radius 2 is 1.93 bits per heavy atom. The number of nitrogens with one attached hydrogen (secondary N) is 2. The van der Waals surface area contributed by atoms with Gasteiger partial charge in [-0.25, -0.2) is 4.99 Å². The second-order valence-corrected chi connectivity index (χ2v) is 3.42. The minimum absolute atomic E-state index is 0.828. The van der Waals surface area contributed by atoms with Crippen molar-refractivity contribution in [1.29, 1.82) is 0 Å². The Labute approximate surface area is 93.4 Å². The summed E-state index contributed by atoms with van der Waals surface area (Å²) in [6.45, 7) is 15.5. The molecule has 15 heavy (non-hydrogen) atoms. The Morgan fingerprint density at radius 3 is 2.40 bits per heavy atom. The van der Waals surface area contributed by atoms with Gasteiger partial charge in [0.25, 0.3) is 0 Å². The fraction of sp³-hybridized carbons (Fsp3) is 0.583. The number of rotatable bonds is 8. The number of allylic oxidation sites excluding steroid dienone is 1. The number of likely N-dealkylation sites (N-methyl/N-ethyl adjacent to an activating group) is 1. The maximum absolute atomic E-state index is 3.98. The van der Waals surface area contributed by atoms with Crippen molar-refractivity contribution in [3.63, 3.8) is 0 Å². The predicted molar refractivity (Wildman–Crippen MR) is 68.0 cm³/mol. The van der Waals surface area contributed by atoms with E-state index in [0.717, 1.165) is 36.6 Å². The quantitative estimate of drug-likeness (QED) is 0.366. The van der Waals surface area contributed by atoms with Crippen LogP contribution in [0.1, 0.15) is 33.6 Å². The largest absolute Gasteiger partial charge is 0.385 e. The first-order valence-electron chi connectivity index (χ1n) is 5.51. The Morgan fingerprint density at radius 1 is 1.27 bits per heavy atom. The molecule has 0 aromatic heterocycles. The lowest BCUT2D eigenvalue weighted by Gasteiger charge is -2.13. The van der Waals surface area contributed by atoms with Gasteiger partial charge in [-0.1, -0.05) is 19.9 Å². The lowest BCUT2D eigenvalue weighted by atomic mass is 10.2. The summed E-state index contributed by atoms with van der Waals surface area (Å²) >= 11 is 0. The zero-order valence-electron chi connectivity index (χ0n) is 10.2. The molecule has 0 spiro atoms. The minimum atomic E-state index is 0.828. The summed E-state index contributed by atoms with van der Waals surface area (Å²) in [7, 11) is 0. The molecule has 0 bridgehead atoms. The van der Waals surface area contributed by atoms with Crippen LogP contribution in [0.5, 0.6) is 0 Å². The molecule has 86 valence electrons. The topological polar surface area (TPSA) is 36.4 Å². The summed E-state index contributed by atoms with van der Waals surface area (Å²) in [5.74, 6) is 0.828. The lowest BCUT2D eigenvalue weighted by Crippen LogP contribution is -2.19. The first kappa shape index (κ1) is 13.8. The van der Waals surface area contributed by atoms with E-state index in [2.05, 4.69) is 35.8 Å². The molecule has 3 heteroatoms. The zero-order valence-corrected chi connectivity index (χ0v) is 10.2. The van der Waals surface area contributed by atoms with Gasteiger partial charge in [0, 0.05) is 24.4 Å². The van der Waals surface area contributed by atoms with Gasteiger partial charge in [-0.3, -0.25) is 0 Å². The Balaban J connectivity index is 4.37. The van der Waals surface area contributed by atoms with Crippen molar-refractivity contribution >= 4 is 6.72 Å². The van der Waals surface area contributed by atoms with Crippen molar-refractivity contribution in [2.75, 3.05) is 13.1 Å². The minimum Gasteiger partial charge on any atom is -0.385 e. The number of nitrogens with zero attached hydrogens (tertiary/aromatic N) is 1. The van der Waals surface area contributed by atoms with E-state index < -0.39 is 0 Å². The fourth-order valence-corrected chi connectivity index (χ4v) is 1.18. The van der Waals surface area contributed by atoms with Crippen LogP contribution in [0.3, 0.4) is 0 Å². The highest BCUT2D eigenvalue weighted by Gasteiger charge is 2.02. The van der Waals surface area contributed by atoms with E-state index in [-0.39, 0.29) is 0 Å². The molecule has 0 fully saturated rings. The maximum Gasteiger partial charge on any atom is 0.130 e. The number of unbranched alkanes of at least 4 members (excludes halogenated alkanes) is 1. The molecule has 0 aliphatic rings. The van der Waals surface area contributed by atoms with Crippen molar-refractivity contribution in [2.24, 2.45) is 4.99 Å². The van der Waals surface area contributed by atoms with Gasteiger partial charge < -0.3 is 10.6 Å². The molecule has 0 aliphatic carbocycles. The molecule has 0 amide bonds. The number of aliphatic imine (C=N–C) groups is 1. The molecule has 0 radical (unpaired) electrons. The highest BCUT2D eigenvalue weighted by atomic mass is 15.0. The van der Waals surface area contributed by atoms with Crippen molar-refractivity contribution in [1.82, 2.24) is 10.6 Å². The summed E-state index contributed by atoms with van der Waals surface area (Å²) in [5.41, 5.74) is 1.94. The van der Waals surface area contributed by atoms with Crippen LogP contribution in [0.2, 0.25) is 0 Å². The average molecular weight is 209 g/mol. The second kappa shape index (κ2) is 8.09. The Bertz CT molecular complexity index is 241. The third kappa shape index (κ3) is 5.25. The molecule has 0 rings (SSSR count). The van der Waals surface area contributed by atoms with Gasteiger partial charge in [-0.2, -0.15) is 0 Å². The maximum atomic E-state index is 3.98. The van der Waals surface area contributed by atoms with Gasteiger partial charge in [0.15, 0.2) is 0 Å². The van der Waals surface area contributed by atoms with Gasteiger partial charge in [0.2, 0.25) is 0 Å². The van der Waals surface area contributed by atoms with Crippen molar-refractivity contribution < 1.29 is 0 Å². The van der Waals surface area contributed by atoms with Crippen LogP contribution in [0, 0.1) is 0 Å². The fourth-order valence-electron chi connectivity index (χ4n) is 1.18. The molecule has 2 N–H and O–H groups in total. The molecule has 0 heterocycles. The Hall–Kier alpha value is -1.25.